The first-order chi connectivity index (χ1) is 9.36. The molecule has 1 aromatic rings. The molecular weight excluding hydrogens is 238 g/mol. The molecule has 2 N–H and O–H groups in total. The highest BCUT2D eigenvalue weighted by Gasteiger charge is 2.24. The predicted octanol–water partition coefficient (Wildman–Crippen LogP) is 2.37. The zero-order valence-electron chi connectivity index (χ0n) is 11.3. The number of hydrogen-bond acceptors (Lipinski definition) is 3. The van der Waals surface area contributed by atoms with Gasteiger partial charge in [0.1, 0.15) is 0 Å². The molecule has 1 heterocycles. The van der Waals surface area contributed by atoms with Gasteiger partial charge in [-0.25, -0.2) is 0 Å². The van der Waals surface area contributed by atoms with Gasteiger partial charge >= 0.3 is 0 Å². The molecule has 0 aromatic heterocycles. The summed E-state index contributed by atoms with van der Waals surface area (Å²) < 4.78 is 5.61. The minimum Gasteiger partial charge on any atom is -0.394 e. The highest BCUT2D eigenvalue weighted by Crippen LogP contribution is 2.40. The van der Waals surface area contributed by atoms with E-state index >= 15 is 0 Å². The zero-order chi connectivity index (χ0) is 13.1. The average Bonchev–Trinajstić information content (AvgIpc) is 3.18. The Hall–Kier alpha value is -0.900. The Balaban J connectivity index is 1.61. The molecule has 1 aliphatic heterocycles. The lowest BCUT2D eigenvalue weighted by Gasteiger charge is -2.20. The molecule has 104 valence electrons. The van der Waals surface area contributed by atoms with Gasteiger partial charge in [0.05, 0.1) is 18.8 Å². The smallest absolute Gasteiger partial charge is 0.0700 e. The number of ether oxygens (including phenoxy) is 1. The molecular formula is C16H23NO2. The third-order valence-electron chi connectivity index (χ3n) is 4.16. The molecule has 0 bridgehead atoms. The van der Waals surface area contributed by atoms with Gasteiger partial charge in [0.25, 0.3) is 0 Å². The van der Waals surface area contributed by atoms with Crippen LogP contribution in [0, 0.1) is 0 Å². The van der Waals surface area contributed by atoms with Crippen molar-refractivity contribution in [1.29, 1.82) is 0 Å². The monoisotopic (exact) mass is 261 g/mol. The van der Waals surface area contributed by atoms with Crippen LogP contribution in [0.4, 0.5) is 0 Å². The van der Waals surface area contributed by atoms with Crippen LogP contribution in [0.5, 0.6) is 0 Å². The fraction of sp³-hybridized carbons (Fsp3) is 0.625. The fourth-order valence-electron chi connectivity index (χ4n) is 2.81. The van der Waals surface area contributed by atoms with Gasteiger partial charge in [-0.15, -0.1) is 0 Å². The maximum Gasteiger partial charge on any atom is 0.0700 e. The summed E-state index contributed by atoms with van der Waals surface area (Å²) in [6.45, 7) is 1.85. The summed E-state index contributed by atoms with van der Waals surface area (Å²) in [5.74, 6) is 0.762. The van der Waals surface area contributed by atoms with E-state index in [4.69, 9.17) is 4.74 Å². The summed E-state index contributed by atoms with van der Waals surface area (Å²) in [6.07, 6.45) is 5.24. The van der Waals surface area contributed by atoms with Crippen LogP contribution in [0.1, 0.15) is 48.8 Å². The summed E-state index contributed by atoms with van der Waals surface area (Å²) in [5.41, 5.74) is 2.62. The number of rotatable bonds is 6. The van der Waals surface area contributed by atoms with E-state index < -0.39 is 0 Å². The van der Waals surface area contributed by atoms with Gasteiger partial charge in [-0.2, -0.15) is 0 Å². The molecule has 0 radical (unpaired) electrons. The van der Waals surface area contributed by atoms with E-state index in [0.29, 0.717) is 6.10 Å². The van der Waals surface area contributed by atoms with Crippen LogP contribution >= 0.6 is 0 Å². The molecule has 1 saturated carbocycles. The Morgan fingerprint density at radius 1 is 1.32 bits per heavy atom. The molecule has 0 spiro atoms. The van der Waals surface area contributed by atoms with Crippen molar-refractivity contribution >= 4 is 0 Å². The van der Waals surface area contributed by atoms with E-state index in [1.165, 1.54) is 24.0 Å². The van der Waals surface area contributed by atoms with Crippen molar-refractivity contribution < 1.29 is 9.84 Å². The van der Waals surface area contributed by atoms with Gasteiger partial charge in [0, 0.05) is 13.2 Å². The molecule has 2 unspecified atom stereocenters. The zero-order valence-corrected chi connectivity index (χ0v) is 11.3. The maximum atomic E-state index is 9.60. The molecule has 3 nitrogen and oxygen atoms in total. The topological polar surface area (TPSA) is 41.5 Å². The third-order valence-corrected chi connectivity index (χ3v) is 4.16. The van der Waals surface area contributed by atoms with Crippen molar-refractivity contribution in [3.05, 3.63) is 35.4 Å². The summed E-state index contributed by atoms with van der Waals surface area (Å²) >= 11 is 0. The van der Waals surface area contributed by atoms with E-state index in [1.54, 1.807) is 0 Å². The second-order valence-electron chi connectivity index (χ2n) is 5.72. The van der Waals surface area contributed by atoms with E-state index in [9.17, 15) is 5.11 Å². The minimum atomic E-state index is 0.0305. The van der Waals surface area contributed by atoms with Crippen LogP contribution in [0.3, 0.4) is 0 Å². The Morgan fingerprint density at radius 2 is 2.21 bits per heavy atom. The number of nitrogens with one attached hydrogen (secondary N) is 1. The fourth-order valence-corrected chi connectivity index (χ4v) is 2.81. The molecule has 0 amide bonds. The van der Waals surface area contributed by atoms with Crippen molar-refractivity contribution in [1.82, 2.24) is 5.32 Å². The molecule has 3 heteroatoms. The van der Waals surface area contributed by atoms with Gasteiger partial charge in [-0.1, -0.05) is 24.3 Å². The number of hydrogen-bond donors (Lipinski definition) is 2. The van der Waals surface area contributed by atoms with E-state index in [1.807, 2.05) is 0 Å². The van der Waals surface area contributed by atoms with Crippen LogP contribution in [0.15, 0.2) is 24.3 Å². The first kappa shape index (κ1) is 13.1. The largest absolute Gasteiger partial charge is 0.394 e. The average molecular weight is 261 g/mol. The van der Waals surface area contributed by atoms with Crippen molar-refractivity contribution in [3.8, 4) is 0 Å². The van der Waals surface area contributed by atoms with Crippen LogP contribution in [0.25, 0.3) is 0 Å². The second-order valence-corrected chi connectivity index (χ2v) is 5.72. The SMILES string of the molecule is OCC(NCC1CCCO1)c1cccc(C2CC2)c1. The standard InChI is InChI=1S/C16H23NO2/c18-11-16(17-10-15-5-2-8-19-15)14-4-1-3-13(9-14)12-6-7-12/h1,3-4,9,12,15-18H,2,5-8,10-11H2. The summed E-state index contributed by atoms with van der Waals surface area (Å²) in [7, 11) is 0. The lowest BCUT2D eigenvalue weighted by molar-refractivity contribution is 0.104. The molecule has 1 aromatic carbocycles. The summed E-state index contributed by atoms with van der Waals surface area (Å²) in [4.78, 5) is 0. The van der Waals surface area contributed by atoms with Crippen LogP contribution < -0.4 is 5.32 Å². The molecule has 2 atom stereocenters. The van der Waals surface area contributed by atoms with Gasteiger partial charge in [0.2, 0.25) is 0 Å². The molecule has 1 saturated heterocycles. The quantitative estimate of drug-likeness (QED) is 0.826. The van der Waals surface area contributed by atoms with Crippen molar-refractivity contribution in [2.75, 3.05) is 19.8 Å². The van der Waals surface area contributed by atoms with Crippen molar-refractivity contribution in [3.63, 3.8) is 0 Å². The molecule has 3 rings (SSSR count). The second kappa shape index (κ2) is 6.04. The van der Waals surface area contributed by atoms with Crippen LogP contribution in [-0.2, 0) is 4.74 Å². The number of benzene rings is 1. The molecule has 1 aliphatic carbocycles. The lowest BCUT2D eigenvalue weighted by Crippen LogP contribution is -2.32. The molecule has 19 heavy (non-hydrogen) atoms. The van der Waals surface area contributed by atoms with E-state index in [0.717, 1.165) is 31.9 Å². The number of aliphatic hydroxyl groups excluding tert-OH is 1. The van der Waals surface area contributed by atoms with E-state index in [2.05, 4.69) is 29.6 Å². The highest BCUT2D eigenvalue weighted by atomic mass is 16.5. The van der Waals surface area contributed by atoms with E-state index in [-0.39, 0.29) is 12.6 Å². The Kier molecular flexibility index (Phi) is 4.16. The van der Waals surface area contributed by atoms with Gasteiger partial charge in [-0.05, 0) is 42.7 Å². The van der Waals surface area contributed by atoms with Crippen molar-refractivity contribution in [2.45, 2.75) is 43.7 Å². The Morgan fingerprint density at radius 3 is 2.89 bits per heavy atom. The lowest BCUT2D eigenvalue weighted by atomic mass is 10.0. The molecule has 2 fully saturated rings. The first-order valence-corrected chi connectivity index (χ1v) is 7.42. The van der Waals surface area contributed by atoms with Gasteiger partial charge < -0.3 is 15.2 Å². The Labute approximate surface area is 115 Å². The minimum absolute atomic E-state index is 0.0305. The van der Waals surface area contributed by atoms with Crippen molar-refractivity contribution in [2.24, 2.45) is 0 Å². The Bertz CT molecular complexity index is 411. The normalized spacial score (nSPS) is 24.6. The van der Waals surface area contributed by atoms with Crippen LogP contribution in [-0.4, -0.2) is 31.0 Å². The predicted molar refractivity (Wildman–Crippen MR) is 75.2 cm³/mol. The van der Waals surface area contributed by atoms with Crippen LogP contribution in [0.2, 0.25) is 0 Å². The highest BCUT2D eigenvalue weighted by molar-refractivity contribution is 5.31. The first-order valence-electron chi connectivity index (χ1n) is 7.42. The third kappa shape index (κ3) is 3.35. The summed E-state index contributed by atoms with van der Waals surface area (Å²) in [6, 6.07) is 8.70. The van der Waals surface area contributed by atoms with Gasteiger partial charge in [-0.3, -0.25) is 0 Å². The maximum absolute atomic E-state index is 9.60. The summed E-state index contributed by atoms with van der Waals surface area (Å²) in [5, 5.41) is 13.0. The molecule has 2 aliphatic rings. The van der Waals surface area contributed by atoms with Gasteiger partial charge in [0.15, 0.2) is 0 Å². The number of aliphatic hydroxyl groups is 1.